The number of halogens is 7. The van der Waals surface area contributed by atoms with Crippen LogP contribution in [-0.2, 0) is 12.4 Å². The Morgan fingerprint density at radius 3 is 1.89 bits per heavy atom. The minimum atomic E-state index is -5.17. The van der Waals surface area contributed by atoms with Crippen LogP contribution in [0.1, 0.15) is 21.5 Å². The third-order valence-electron chi connectivity index (χ3n) is 2.07. The number of carbonyl (C=O) groups excluding carboxylic acids is 1. The van der Waals surface area contributed by atoms with Crippen molar-refractivity contribution in [3.05, 3.63) is 34.9 Å². The van der Waals surface area contributed by atoms with Crippen molar-refractivity contribution in [1.29, 1.82) is 0 Å². The quantitative estimate of drug-likeness (QED) is 0.447. The highest BCUT2D eigenvalue weighted by Gasteiger charge is 2.43. The van der Waals surface area contributed by atoms with Gasteiger partial charge < -0.3 is 0 Å². The van der Waals surface area contributed by atoms with Crippen LogP contribution in [0, 0.1) is 0 Å². The number of Topliss-reactive ketones (excluding diaryl/α,β-unsaturated/α-hetero) is 1. The summed E-state index contributed by atoms with van der Waals surface area (Å²) < 4.78 is 74.7. The van der Waals surface area contributed by atoms with Crippen LogP contribution < -0.4 is 0 Å². The van der Waals surface area contributed by atoms with Crippen LogP contribution in [0.15, 0.2) is 18.2 Å². The van der Waals surface area contributed by atoms with Crippen LogP contribution in [0.3, 0.4) is 0 Å². The van der Waals surface area contributed by atoms with Crippen LogP contribution in [0.5, 0.6) is 0 Å². The Morgan fingerprint density at radius 1 is 1.00 bits per heavy atom. The highest BCUT2D eigenvalue weighted by atomic mass is 79.9. The first kappa shape index (κ1) is 15.0. The fraction of sp³-hybridized carbons (Fsp3) is 0.300. The second-order valence-electron chi connectivity index (χ2n) is 3.31. The van der Waals surface area contributed by atoms with E-state index < -0.39 is 34.8 Å². The molecule has 0 aliphatic carbocycles. The minimum Gasteiger partial charge on any atom is -0.293 e. The van der Waals surface area contributed by atoms with Gasteiger partial charge in [0.15, 0.2) is 5.78 Å². The average Bonchev–Trinajstić information content (AvgIpc) is 2.24. The average molecular weight is 335 g/mol. The van der Waals surface area contributed by atoms with E-state index in [-0.39, 0.29) is 17.5 Å². The van der Waals surface area contributed by atoms with Crippen molar-refractivity contribution < 1.29 is 31.1 Å². The van der Waals surface area contributed by atoms with Gasteiger partial charge in [-0.3, -0.25) is 4.79 Å². The lowest BCUT2D eigenvalue weighted by Crippen LogP contribution is -2.17. The number of carbonyl (C=O) groups is 1. The topological polar surface area (TPSA) is 17.1 Å². The van der Waals surface area contributed by atoms with Crippen molar-refractivity contribution in [2.75, 3.05) is 5.33 Å². The Kier molecular flexibility index (Phi) is 4.09. The first-order chi connectivity index (χ1) is 8.07. The molecule has 0 aliphatic rings. The fourth-order valence-corrected chi connectivity index (χ4v) is 1.60. The zero-order valence-electron chi connectivity index (χ0n) is 8.49. The normalized spacial score (nSPS) is 12.6. The molecular weight excluding hydrogens is 330 g/mol. The molecule has 8 heteroatoms. The Hall–Kier alpha value is -1.05. The van der Waals surface area contributed by atoms with E-state index in [9.17, 15) is 31.1 Å². The molecule has 0 aliphatic heterocycles. The molecule has 0 aromatic heterocycles. The van der Waals surface area contributed by atoms with E-state index in [1.807, 2.05) is 0 Å². The summed E-state index contributed by atoms with van der Waals surface area (Å²) in [6, 6.07) is 1.20. The van der Waals surface area contributed by atoms with Crippen LogP contribution in [0.2, 0.25) is 0 Å². The summed E-state index contributed by atoms with van der Waals surface area (Å²) >= 11 is 2.73. The largest absolute Gasteiger partial charge is 0.417 e. The highest BCUT2D eigenvalue weighted by molar-refractivity contribution is 9.09. The smallest absolute Gasteiger partial charge is 0.293 e. The molecule has 0 fully saturated rings. The predicted octanol–water partition coefficient (Wildman–Crippen LogP) is 4.30. The summed E-state index contributed by atoms with van der Waals surface area (Å²) in [7, 11) is 0. The second kappa shape index (κ2) is 4.91. The van der Waals surface area contributed by atoms with E-state index in [0.717, 1.165) is 6.07 Å². The van der Waals surface area contributed by atoms with Crippen LogP contribution >= 0.6 is 15.9 Å². The number of alkyl halides is 7. The van der Waals surface area contributed by atoms with Gasteiger partial charge in [-0.1, -0.05) is 22.0 Å². The Morgan fingerprint density at radius 2 is 1.50 bits per heavy atom. The number of hydrogen-bond donors (Lipinski definition) is 0. The number of ketones is 1. The summed E-state index contributed by atoms with van der Waals surface area (Å²) in [5.74, 6) is -0.728. The summed E-state index contributed by atoms with van der Waals surface area (Å²) in [4.78, 5) is 11.2. The summed E-state index contributed by atoms with van der Waals surface area (Å²) in [6.45, 7) is 0. The molecule has 0 spiro atoms. The van der Waals surface area contributed by atoms with E-state index >= 15 is 0 Å². The Balaban J connectivity index is 3.45. The zero-order valence-corrected chi connectivity index (χ0v) is 10.1. The first-order valence-corrected chi connectivity index (χ1v) is 5.57. The molecule has 0 atom stereocenters. The van der Waals surface area contributed by atoms with E-state index in [0.29, 0.717) is 0 Å². The molecule has 100 valence electrons. The predicted molar refractivity (Wildman–Crippen MR) is 54.6 cm³/mol. The lowest BCUT2D eigenvalue weighted by atomic mass is 10.0. The van der Waals surface area contributed by atoms with Gasteiger partial charge in [-0.05, 0) is 12.1 Å². The number of benzene rings is 1. The second-order valence-corrected chi connectivity index (χ2v) is 3.87. The van der Waals surface area contributed by atoms with Crippen LogP contribution in [-0.4, -0.2) is 11.1 Å². The van der Waals surface area contributed by atoms with Gasteiger partial charge in [0.1, 0.15) is 0 Å². The van der Waals surface area contributed by atoms with Crippen molar-refractivity contribution >= 4 is 21.7 Å². The zero-order chi connectivity index (χ0) is 14.1. The maximum Gasteiger partial charge on any atom is 0.417 e. The van der Waals surface area contributed by atoms with Crippen molar-refractivity contribution in [3.63, 3.8) is 0 Å². The molecule has 0 radical (unpaired) electrons. The third-order valence-corrected chi connectivity index (χ3v) is 2.58. The van der Waals surface area contributed by atoms with Gasteiger partial charge in [-0.15, -0.1) is 0 Å². The third kappa shape index (κ3) is 3.24. The summed E-state index contributed by atoms with van der Waals surface area (Å²) in [5, 5.41) is -0.268. The van der Waals surface area contributed by atoms with Crippen molar-refractivity contribution in [2.45, 2.75) is 12.4 Å². The van der Waals surface area contributed by atoms with E-state index in [1.165, 1.54) is 0 Å². The molecule has 0 N–H and O–H groups in total. The molecular formula is C10H5BrF6O. The number of hydrogen-bond acceptors (Lipinski definition) is 1. The maximum absolute atomic E-state index is 12.5. The van der Waals surface area contributed by atoms with Gasteiger partial charge in [0.2, 0.25) is 0 Å². The lowest BCUT2D eigenvalue weighted by Gasteiger charge is -2.16. The van der Waals surface area contributed by atoms with E-state index in [2.05, 4.69) is 15.9 Å². The monoisotopic (exact) mass is 334 g/mol. The standard InChI is InChI=1S/C10H5BrF6O/c11-4-8(18)5-1-2-6(9(12,13)14)7(3-5)10(15,16)17/h1-3H,4H2. The molecule has 1 nitrogen and oxygen atoms in total. The SMILES string of the molecule is O=C(CBr)c1ccc(C(F)(F)F)c(C(F)(F)F)c1. The van der Waals surface area contributed by atoms with Gasteiger partial charge in [-0.25, -0.2) is 0 Å². The molecule has 0 heterocycles. The van der Waals surface area contributed by atoms with E-state index in [1.54, 1.807) is 0 Å². The first-order valence-electron chi connectivity index (χ1n) is 4.45. The molecule has 0 amide bonds. The van der Waals surface area contributed by atoms with Crippen molar-refractivity contribution in [2.24, 2.45) is 0 Å². The van der Waals surface area contributed by atoms with Gasteiger partial charge in [-0.2, -0.15) is 26.3 Å². The lowest BCUT2D eigenvalue weighted by molar-refractivity contribution is -0.162. The van der Waals surface area contributed by atoms with Gasteiger partial charge in [0.25, 0.3) is 0 Å². The highest BCUT2D eigenvalue weighted by Crippen LogP contribution is 2.40. The molecule has 0 saturated heterocycles. The van der Waals surface area contributed by atoms with Crippen molar-refractivity contribution in [3.8, 4) is 0 Å². The summed E-state index contributed by atoms with van der Waals surface area (Å²) in [6.07, 6.45) is -10.3. The van der Waals surface area contributed by atoms with E-state index in [4.69, 9.17) is 0 Å². The maximum atomic E-state index is 12.5. The summed E-state index contributed by atoms with van der Waals surface area (Å²) in [5.41, 5.74) is -4.09. The number of rotatable bonds is 2. The minimum absolute atomic E-state index is 0.215. The molecule has 1 aromatic rings. The fourth-order valence-electron chi connectivity index (χ4n) is 1.28. The van der Waals surface area contributed by atoms with Gasteiger partial charge in [0.05, 0.1) is 16.5 Å². The Labute approximate surface area is 106 Å². The van der Waals surface area contributed by atoms with Crippen LogP contribution in [0.25, 0.3) is 0 Å². The van der Waals surface area contributed by atoms with Gasteiger partial charge >= 0.3 is 12.4 Å². The van der Waals surface area contributed by atoms with Crippen LogP contribution in [0.4, 0.5) is 26.3 Å². The molecule has 1 aromatic carbocycles. The van der Waals surface area contributed by atoms with Gasteiger partial charge in [0, 0.05) is 5.56 Å². The molecule has 0 unspecified atom stereocenters. The molecule has 1 rings (SSSR count). The molecule has 0 saturated carbocycles. The molecule has 18 heavy (non-hydrogen) atoms. The molecule has 0 bridgehead atoms. The Bertz CT molecular complexity index is 462. The van der Waals surface area contributed by atoms with Crippen molar-refractivity contribution in [1.82, 2.24) is 0 Å².